The van der Waals surface area contributed by atoms with E-state index in [0.29, 0.717) is 6.07 Å². The number of nitrogens with zero attached hydrogens (tertiary/aromatic N) is 1. The molecule has 0 bridgehead atoms. The molecule has 1 N–H and O–H groups in total. The molecule has 4 nitrogen and oxygen atoms in total. The van der Waals surface area contributed by atoms with Crippen LogP contribution < -0.4 is 5.32 Å². The van der Waals surface area contributed by atoms with Crippen LogP contribution in [-0.4, -0.2) is 4.92 Å². The maximum Gasteiger partial charge on any atom is 0.305 e. The molecule has 2 aromatic rings. The first-order valence-electron chi connectivity index (χ1n) is 5.59. The average Bonchev–Trinajstić information content (AvgIpc) is 2.36. The Bertz CT molecular complexity index is 642. The number of halogens is 3. The predicted molar refractivity (Wildman–Crippen MR) is 66.7 cm³/mol. The van der Waals surface area contributed by atoms with Crippen LogP contribution in [-0.2, 0) is 6.54 Å². The summed E-state index contributed by atoms with van der Waals surface area (Å²) in [5, 5.41) is 13.2. The van der Waals surface area contributed by atoms with E-state index in [4.69, 9.17) is 0 Å². The summed E-state index contributed by atoms with van der Waals surface area (Å²) in [5.74, 6) is -2.51. The molecular weight excluding hydrogens is 273 g/mol. The highest BCUT2D eigenvalue weighted by atomic mass is 19.1. The summed E-state index contributed by atoms with van der Waals surface area (Å²) in [7, 11) is 0. The second kappa shape index (κ2) is 5.60. The molecule has 0 amide bonds. The number of nitrogens with one attached hydrogen (secondary N) is 1. The Balaban J connectivity index is 2.19. The van der Waals surface area contributed by atoms with Gasteiger partial charge in [0.25, 0.3) is 0 Å². The van der Waals surface area contributed by atoms with Crippen molar-refractivity contribution >= 4 is 11.4 Å². The fourth-order valence-corrected chi connectivity index (χ4v) is 1.70. The molecule has 0 unspecified atom stereocenters. The summed E-state index contributed by atoms with van der Waals surface area (Å²) in [5.41, 5.74) is -0.494. The summed E-state index contributed by atoms with van der Waals surface area (Å²) >= 11 is 0. The lowest BCUT2D eigenvalue weighted by Gasteiger charge is -2.08. The molecule has 0 radical (unpaired) electrons. The van der Waals surface area contributed by atoms with E-state index in [0.717, 1.165) is 18.2 Å². The van der Waals surface area contributed by atoms with Crippen LogP contribution in [0.25, 0.3) is 0 Å². The van der Waals surface area contributed by atoms with E-state index in [1.54, 1.807) is 0 Å². The quantitative estimate of drug-likeness (QED) is 0.688. The van der Waals surface area contributed by atoms with Crippen molar-refractivity contribution in [3.63, 3.8) is 0 Å². The van der Waals surface area contributed by atoms with Crippen molar-refractivity contribution in [1.82, 2.24) is 0 Å². The standard InChI is InChI=1S/C13H9F3N2O2/c14-9-4-10(15)6-11(5-9)17-7-8-2-1-3-12(13(8)16)18(19)20/h1-6,17H,7H2. The number of rotatable bonds is 4. The topological polar surface area (TPSA) is 55.2 Å². The first-order valence-corrected chi connectivity index (χ1v) is 5.59. The van der Waals surface area contributed by atoms with E-state index in [9.17, 15) is 23.3 Å². The minimum atomic E-state index is -0.970. The minimum absolute atomic E-state index is 0.0314. The Hall–Kier alpha value is -2.57. The molecule has 0 aromatic heterocycles. The number of benzene rings is 2. The van der Waals surface area contributed by atoms with Crippen molar-refractivity contribution in [3.05, 3.63) is 69.5 Å². The Morgan fingerprint density at radius 2 is 1.75 bits per heavy atom. The molecule has 0 aliphatic heterocycles. The maximum absolute atomic E-state index is 13.8. The highest BCUT2D eigenvalue weighted by molar-refractivity contribution is 5.45. The van der Waals surface area contributed by atoms with Crippen molar-refractivity contribution in [1.29, 1.82) is 0 Å². The van der Waals surface area contributed by atoms with Crippen molar-refractivity contribution in [3.8, 4) is 0 Å². The zero-order chi connectivity index (χ0) is 14.7. The molecule has 0 heterocycles. The van der Waals surface area contributed by atoms with Gasteiger partial charge in [0, 0.05) is 29.9 Å². The van der Waals surface area contributed by atoms with Crippen molar-refractivity contribution in [2.75, 3.05) is 5.32 Å². The molecule has 0 fully saturated rings. The average molecular weight is 282 g/mol. The van der Waals surface area contributed by atoms with Gasteiger partial charge >= 0.3 is 5.69 Å². The number of nitro groups is 1. The van der Waals surface area contributed by atoms with Crippen LogP contribution in [0.4, 0.5) is 24.5 Å². The third kappa shape index (κ3) is 3.05. The summed E-state index contributed by atoms with van der Waals surface area (Å²) in [6, 6.07) is 6.52. The van der Waals surface area contributed by atoms with E-state index >= 15 is 0 Å². The van der Waals surface area contributed by atoms with E-state index in [1.165, 1.54) is 12.1 Å². The van der Waals surface area contributed by atoms with Gasteiger partial charge < -0.3 is 5.32 Å². The highest BCUT2D eigenvalue weighted by Gasteiger charge is 2.16. The van der Waals surface area contributed by atoms with Gasteiger partial charge in [-0.1, -0.05) is 12.1 Å². The highest BCUT2D eigenvalue weighted by Crippen LogP contribution is 2.21. The Kier molecular flexibility index (Phi) is 3.88. The van der Waals surface area contributed by atoms with E-state index in [-0.39, 0.29) is 17.8 Å². The molecule has 2 rings (SSSR count). The van der Waals surface area contributed by atoms with Gasteiger partial charge in [0.05, 0.1) is 4.92 Å². The van der Waals surface area contributed by atoms with Crippen LogP contribution in [0.5, 0.6) is 0 Å². The number of nitro benzene ring substituents is 1. The Morgan fingerprint density at radius 3 is 2.35 bits per heavy atom. The molecule has 0 saturated heterocycles. The smallest absolute Gasteiger partial charge is 0.305 e. The molecule has 104 valence electrons. The van der Waals surface area contributed by atoms with Crippen molar-refractivity contribution in [2.45, 2.75) is 6.54 Å². The first-order chi connectivity index (χ1) is 9.47. The number of hydrogen-bond acceptors (Lipinski definition) is 3. The van der Waals surface area contributed by atoms with Gasteiger partial charge in [0.15, 0.2) is 0 Å². The zero-order valence-corrected chi connectivity index (χ0v) is 10.1. The molecule has 20 heavy (non-hydrogen) atoms. The zero-order valence-electron chi connectivity index (χ0n) is 10.1. The predicted octanol–water partition coefficient (Wildman–Crippen LogP) is 3.62. The van der Waals surface area contributed by atoms with Crippen LogP contribution in [0.15, 0.2) is 36.4 Å². The van der Waals surface area contributed by atoms with Gasteiger partial charge in [0.2, 0.25) is 5.82 Å². The van der Waals surface area contributed by atoms with Gasteiger partial charge in [-0.15, -0.1) is 0 Å². The largest absolute Gasteiger partial charge is 0.381 e. The second-order valence-corrected chi connectivity index (χ2v) is 4.02. The molecule has 7 heteroatoms. The van der Waals surface area contributed by atoms with Crippen LogP contribution in [0.1, 0.15) is 5.56 Å². The lowest BCUT2D eigenvalue weighted by Crippen LogP contribution is -2.04. The molecule has 0 aliphatic rings. The number of hydrogen-bond donors (Lipinski definition) is 1. The molecule has 0 saturated carbocycles. The molecule has 2 aromatic carbocycles. The lowest BCUT2D eigenvalue weighted by molar-refractivity contribution is -0.387. The molecule has 0 spiro atoms. The molecule has 0 aliphatic carbocycles. The normalized spacial score (nSPS) is 10.3. The third-order valence-corrected chi connectivity index (χ3v) is 2.60. The lowest BCUT2D eigenvalue weighted by atomic mass is 10.2. The van der Waals surface area contributed by atoms with Crippen LogP contribution in [0.2, 0.25) is 0 Å². The van der Waals surface area contributed by atoms with Crippen LogP contribution in [0.3, 0.4) is 0 Å². The van der Waals surface area contributed by atoms with Crippen molar-refractivity contribution < 1.29 is 18.1 Å². The fourth-order valence-electron chi connectivity index (χ4n) is 1.70. The van der Waals surface area contributed by atoms with Gasteiger partial charge in [-0.25, -0.2) is 8.78 Å². The fraction of sp³-hybridized carbons (Fsp3) is 0.0769. The molecular formula is C13H9F3N2O2. The maximum atomic E-state index is 13.8. The SMILES string of the molecule is O=[N+]([O-])c1cccc(CNc2cc(F)cc(F)c2)c1F. The third-order valence-electron chi connectivity index (χ3n) is 2.60. The number of anilines is 1. The summed E-state index contributed by atoms with van der Waals surface area (Å²) in [4.78, 5) is 9.75. The molecule has 0 atom stereocenters. The van der Waals surface area contributed by atoms with Gasteiger partial charge in [-0.2, -0.15) is 4.39 Å². The van der Waals surface area contributed by atoms with E-state index in [2.05, 4.69) is 5.32 Å². The monoisotopic (exact) mass is 282 g/mol. The van der Waals surface area contributed by atoms with Gasteiger partial charge in [-0.3, -0.25) is 10.1 Å². The first kappa shape index (κ1) is 13.9. The van der Waals surface area contributed by atoms with Gasteiger partial charge in [0.1, 0.15) is 11.6 Å². The minimum Gasteiger partial charge on any atom is -0.381 e. The second-order valence-electron chi connectivity index (χ2n) is 4.02. The van der Waals surface area contributed by atoms with Crippen LogP contribution in [0, 0.1) is 27.6 Å². The van der Waals surface area contributed by atoms with Crippen LogP contribution >= 0.6 is 0 Å². The summed E-state index contributed by atoms with van der Waals surface area (Å²) < 4.78 is 39.7. The Labute approximate surface area is 112 Å². The van der Waals surface area contributed by atoms with Crippen molar-refractivity contribution in [2.24, 2.45) is 0 Å². The Morgan fingerprint density at radius 1 is 1.10 bits per heavy atom. The summed E-state index contributed by atoms with van der Waals surface area (Å²) in [6.07, 6.45) is 0. The van der Waals surface area contributed by atoms with E-state index < -0.39 is 28.1 Å². The summed E-state index contributed by atoms with van der Waals surface area (Å²) in [6.45, 7) is -0.129. The van der Waals surface area contributed by atoms with Gasteiger partial charge in [-0.05, 0) is 12.1 Å². The van der Waals surface area contributed by atoms with E-state index in [1.807, 2.05) is 0 Å².